The Hall–Kier alpha value is -4.59. The van der Waals surface area contributed by atoms with Gasteiger partial charge in [0.1, 0.15) is 46.1 Å². The summed E-state index contributed by atoms with van der Waals surface area (Å²) in [5.74, 6) is 2.53. The summed E-state index contributed by atoms with van der Waals surface area (Å²) in [6.45, 7) is 0. The van der Waals surface area contributed by atoms with Crippen molar-refractivity contribution in [3.05, 3.63) is 103 Å². The second kappa shape index (κ2) is 11.2. The normalized spacial score (nSPS) is 10.8. The molecule has 4 rings (SSSR count). The number of methoxy groups -OCH3 is 3. The topological polar surface area (TPSA) is 64.6 Å². The number of rotatable bonds is 11. The molecule has 0 heterocycles. The Morgan fingerprint density at radius 1 is 0.444 bits per heavy atom. The molecule has 0 aliphatic carbocycles. The fourth-order valence-electron chi connectivity index (χ4n) is 3.16. The van der Waals surface area contributed by atoms with Crippen LogP contribution in [0.15, 0.2) is 97.1 Å². The predicted octanol–water partition coefficient (Wildman–Crippen LogP) is 6.08. The van der Waals surface area contributed by atoms with Gasteiger partial charge in [0.2, 0.25) is 0 Å². The molecule has 0 bridgehead atoms. The average Bonchev–Trinajstić information content (AvgIpc) is 2.90. The van der Waals surface area contributed by atoms with Crippen LogP contribution in [-0.2, 0) is 0 Å². The van der Waals surface area contributed by atoms with Crippen LogP contribution in [0.25, 0.3) is 0 Å². The van der Waals surface area contributed by atoms with Crippen LogP contribution in [0.3, 0.4) is 0 Å². The van der Waals surface area contributed by atoms with Crippen molar-refractivity contribution in [2.45, 2.75) is 6.16 Å². The van der Waals surface area contributed by atoms with E-state index in [9.17, 15) is 4.39 Å². The maximum Gasteiger partial charge on any atom is 0.611 e. The van der Waals surface area contributed by atoms with Crippen LogP contribution in [0.2, 0.25) is 0 Å². The Morgan fingerprint density at radius 2 is 0.778 bits per heavy atom. The third kappa shape index (κ3) is 6.29. The van der Waals surface area contributed by atoms with Crippen LogP contribution in [0.4, 0.5) is 4.39 Å². The van der Waals surface area contributed by atoms with Crippen LogP contribution < -0.4 is 33.2 Å². The Kier molecular flexibility index (Phi) is 7.65. The average molecular weight is 492 g/mol. The van der Waals surface area contributed by atoms with Crippen LogP contribution in [0.1, 0.15) is 0 Å². The number of halogens is 1. The molecule has 4 aromatic carbocycles. The standard InChI is InChI=1S/C28H25FO7/c1-30-21-7-13-24(14-8-21)33-28(36-27-6-4-5-20(29)19-27,34-25-15-9-22(31-2)10-16-25)35-26-17-11-23(32-3)12-18-26/h4-19H,1-3H3. The lowest BCUT2D eigenvalue weighted by Crippen LogP contribution is -2.53. The zero-order valence-corrected chi connectivity index (χ0v) is 20.0. The lowest BCUT2D eigenvalue weighted by Gasteiger charge is -2.32. The molecule has 0 spiro atoms. The van der Waals surface area contributed by atoms with Gasteiger partial charge in [-0.25, -0.2) is 4.39 Å². The van der Waals surface area contributed by atoms with Crippen molar-refractivity contribution in [2.75, 3.05) is 21.3 Å². The predicted molar refractivity (Wildman–Crippen MR) is 131 cm³/mol. The SMILES string of the molecule is COc1ccc(OC(Oc2ccc(OC)cc2)(Oc2ccc(OC)cc2)Oc2cccc(F)c2)cc1. The van der Waals surface area contributed by atoms with Gasteiger partial charge in [-0.1, -0.05) is 6.07 Å². The van der Waals surface area contributed by atoms with Gasteiger partial charge in [-0.3, -0.25) is 0 Å². The molecule has 0 saturated carbocycles. The molecule has 186 valence electrons. The van der Waals surface area contributed by atoms with Crippen molar-refractivity contribution in [1.82, 2.24) is 0 Å². The van der Waals surface area contributed by atoms with Crippen LogP contribution in [0.5, 0.6) is 40.2 Å². The van der Waals surface area contributed by atoms with Crippen molar-refractivity contribution in [3.8, 4) is 40.2 Å². The van der Waals surface area contributed by atoms with Crippen molar-refractivity contribution in [3.63, 3.8) is 0 Å². The molecule has 8 heteroatoms. The summed E-state index contributed by atoms with van der Waals surface area (Å²) < 4.78 is 54.3. The van der Waals surface area contributed by atoms with Crippen LogP contribution in [0, 0.1) is 5.82 Å². The third-order valence-corrected chi connectivity index (χ3v) is 4.95. The molecule has 4 aromatic rings. The maximum absolute atomic E-state index is 14.0. The van der Waals surface area contributed by atoms with E-state index in [2.05, 4.69) is 0 Å². The maximum atomic E-state index is 14.0. The van der Waals surface area contributed by atoms with Crippen molar-refractivity contribution < 1.29 is 37.5 Å². The van der Waals surface area contributed by atoms with E-state index in [1.54, 1.807) is 100 Å². The largest absolute Gasteiger partial charge is 0.611 e. The van der Waals surface area contributed by atoms with Gasteiger partial charge >= 0.3 is 6.16 Å². The first kappa shape index (κ1) is 24.5. The zero-order chi connectivity index (χ0) is 25.4. The molecule has 0 fully saturated rings. The summed E-state index contributed by atoms with van der Waals surface area (Å²) in [5.41, 5.74) is 0. The first-order chi connectivity index (χ1) is 17.5. The number of benzene rings is 4. The minimum atomic E-state index is -2.20. The number of hydrogen-bond acceptors (Lipinski definition) is 7. The molecule has 0 radical (unpaired) electrons. The second-order valence-electron chi connectivity index (χ2n) is 7.39. The molecule has 0 aliphatic rings. The molecule has 0 unspecified atom stereocenters. The quantitative estimate of drug-likeness (QED) is 0.235. The van der Waals surface area contributed by atoms with Gasteiger partial charge in [0.15, 0.2) is 0 Å². The van der Waals surface area contributed by atoms with Gasteiger partial charge in [-0.2, -0.15) is 0 Å². The van der Waals surface area contributed by atoms with Gasteiger partial charge in [0.25, 0.3) is 0 Å². The van der Waals surface area contributed by atoms with Crippen LogP contribution in [-0.4, -0.2) is 27.5 Å². The molecule has 7 nitrogen and oxygen atoms in total. The molecule has 0 aliphatic heterocycles. The van der Waals surface area contributed by atoms with E-state index in [1.165, 1.54) is 18.2 Å². The fourth-order valence-corrected chi connectivity index (χ4v) is 3.16. The highest BCUT2D eigenvalue weighted by Crippen LogP contribution is 2.32. The highest BCUT2D eigenvalue weighted by Gasteiger charge is 2.44. The molecule has 0 saturated heterocycles. The molecular formula is C28H25FO7. The Morgan fingerprint density at radius 3 is 1.11 bits per heavy atom. The van der Waals surface area contributed by atoms with Crippen molar-refractivity contribution in [1.29, 1.82) is 0 Å². The smallest absolute Gasteiger partial charge is 0.497 e. The summed E-state index contributed by atoms with van der Waals surface area (Å²) in [6.07, 6.45) is -2.20. The molecule has 0 atom stereocenters. The summed E-state index contributed by atoms with van der Waals surface area (Å²) in [4.78, 5) is 0. The summed E-state index contributed by atoms with van der Waals surface area (Å²) >= 11 is 0. The third-order valence-electron chi connectivity index (χ3n) is 4.95. The van der Waals surface area contributed by atoms with Gasteiger partial charge in [-0.15, -0.1) is 0 Å². The minimum Gasteiger partial charge on any atom is -0.497 e. The van der Waals surface area contributed by atoms with Gasteiger partial charge < -0.3 is 33.2 Å². The zero-order valence-electron chi connectivity index (χ0n) is 20.0. The van der Waals surface area contributed by atoms with E-state index in [0.29, 0.717) is 34.5 Å². The van der Waals surface area contributed by atoms with Crippen molar-refractivity contribution >= 4 is 0 Å². The van der Waals surface area contributed by atoms with E-state index in [-0.39, 0.29) is 5.75 Å². The lowest BCUT2D eigenvalue weighted by molar-refractivity contribution is -0.367. The summed E-state index contributed by atoms with van der Waals surface area (Å²) in [5, 5.41) is 0. The molecular weight excluding hydrogens is 467 g/mol. The molecule has 0 aromatic heterocycles. The first-order valence-corrected chi connectivity index (χ1v) is 10.9. The summed E-state index contributed by atoms with van der Waals surface area (Å²) in [7, 11) is 4.69. The number of hydrogen-bond donors (Lipinski definition) is 0. The Bertz CT molecular complexity index is 1120. The Labute approximate surface area is 208 Å². The monoisotopic (exact) mass is 492 g/mol. The highest BCUT2D eigenvalue weighted by atomic mass is 19.1. The van der Waals surface area contributed by atoms with Gasteiger partial charge in [0, 0.05) is 6.07 Å². The Balaban J connectivity index is 1.77. The van der Waals surface area contributed by atoms with E-state index in [4.69, 9.17) is 33.2 Å². The second-order valence-corrected chi connectivity index (χ2v) is 7.39. The minimum absolute atomic E-state index is 0.116. The van der Waals surface area contributed by atoms with Crippen molar-refractivity contribution in [2.24, 2.45) is 0 Å². The number of ether oxygens (including phenoxy) is 7. The first-order valence-electron chi connectivity index (χ1n) is 10.9. The fraction of sp³-hybridized carbons (Fsp3) is 0.143. The van der Waals surface area contributed by atoms with E-state index in [1.807, 2.05) is 0 Å². The van der Waals surface area contributed by atoms with E-state index in [0.717, 1.165) is 0 Å². The molecule has 0 amide bonds. The molecule has 0 N–H and O–H groups in total. The van der Waals surface area contributed by atoms with E-state index < -0.39 is 12.0 Å². The molecule has 36 heavy (non-hydrogen) atoms. The van der Waals surface area contributed by atoms with Crippen LogP contribution >= 0.6 is 0 Å². The van der Waals surface area contributed by atoms with Gasteiger partial charge in [0.05, 0.1) is 21.3 Å². The van der Waals surface area contributed by atoms with E-state index >= 15 is 0 Å². The summed E-state index contributed by atoms with van der Waals surface area (Å²) in [6, 6.07) is 25.8. The lowest BCUT2D eigenvalue weighted by atomic mass is 10.3. The highest BCUT2D eigenvalue weighted by molar-refractivity contribution is 5.35. The van der Waals surface area contributed by atoms with Gasteiger partial charge in [-0.05, 0) is 84.9 Å².